The zero-order chi connectivity index (χ0) is 7.94. The van der Waals surface area contributed by atoms with Crippen molar-refractivity contribution in [3.05, 3.63) is 24.2 Å². The lowest BCUT2D eigenvalue weighted by atomic mass is 10.2. The minimum atomic E-state index is 1.06. The molecule has 0 saturated heterocycles. The highest BCUT2D eigenvalue weighted by molar-refractivity contribution is 5.04. The second-order valence-corrected chi connectivity index (χ2v) is 2.59. The van der Waals surface area contributed by atoms with Crippen LogP contribution in [0.2, 0.25) is 0 Å². The molecule has 0 aliphatic carbocycles. The van der Waals surface area contributed by atoms with E-state index in [1.807, 2.05) is 12.3 Å². The Hall–Kier alpha value is -0.760. The Kier molecular flexibility index (Phi) is 3.76. The quantitative estimate of drug-likeness (QED) is 0.653. The first-order valence-electron chi connectivity index (χ1n) is 4.15. The van der Waals surface area contributed by atoms with Gasteiger partial charge in [-0.1, -0.05) is 6.92 Å². The van der Waals surface area contributed by atoms with Crippen LogP contribution < -0.4 is 5.32 Å². The van der Waals surface area contributed by atoms with Crippen LogP contribution in [0.1, 0.15) is 18.9 Å². The van der Waals surface area contributed by atoms with E-state index in [9.17, 15) is 0 Å². The lowest BCUT2D eigenvalue weighted by molar-refractivity contribution is 0.562. The highest BCUT2D eigenvalue weighted by Crippen LogP contribution is 2.02. The third kappa shape index (κ3) is 3.23. The Bertz CT molecular complexity index is 170. The van der Waals surface area contributed by atoms with E-state index in [-0.39, 0.29) is 0 Å². The van der Waals surface area contributed by atoms with Gasteiger partial charge in [0.05, 0.1) is 12.5 Å². The Morgan fingerprint density at radius 1 is 1.55 bits per heavy atom. The summed E-state index contributed by atoms with van der Waals surface area (Å²) in [5.41, 5.74) is 1.29. The van der Waals surface area contributed by atoms with Gasteiger partial charge in [0.15, 0.2) is 0 Å². The van der Waals surface area contributed by atoms with Crippen molar-refractivity contribution in [3.8, 4) is 0 Å². The molecular formula is C9H15NO. The van der Waals surface area contributed by atoms with Gasteiger partial charge in [-0.15, -0.1) is 0 Å². The lowest BCUT2D eigenvalue weighted by Gasteiger charge is -1.98. The summed E-state index contributed by atoms with van der Waals surface area (Å²) in [7, 11) is 0. The van der Waals surface area contributed by atoms with Crippen molar-refractivity contribution in [1.82, 2.24) is 5.32 Å². The number of nitrogens with one attached hydrogen (secondary N) is 1. The largest absolute Gasteiger partial charge is 0.472 e. The minimum absolute atomic E-state index is 1.06. The fraction of sp³-hybridized carbons (Fsp3) is 0.556. The minimum Gasteiger partial charge on any atom is -0.472 e. The van der Waals surface area contributed by atoms with Gasteiger partial charge in [-0.25, -0.2) is 0 Å². The van der Waals surface area contributed by atoms with E-state index in [0.717, 1.165) is 19.5 Å². The molecule has 0 atom stereocenters. The van der Waals surface area contributed by atoms with Crippen LogP contribution in [0.5, 0.6) is 0 Å². The van der Waals surface area contributed by atoms with Gasteiger partial charge in [0.1, 0.15) is 0 Å². The average Bonchev–Trinajstić information content (AvgIpc) is 2.50. The fourth-order valence-electron chi connectivity index (χ4n) is 1.03. The molecule has 1 N–H and O–H groups in total. The first kappa shape index (κ1) is 8.34. The average molecular weight is 153 g/mol. The highest BCUT2D eigenvalue weighted by Gasteiger charge is 1.92. The van der Waals surface area contributed by atoms with E-state index in [4.69, 9.17) is 4.42 Å². The molecular weight excluding hydrogens is 138 g/mol. The molecule has 2 heteroatoms. The van der Waals surface area contributed by atoms with Crippen LogP contribution in [0.3, 0.4) is 0 Å². The van der Waals surface area contributed by atoms with Gasteiger partial charge in [-0.2, -0.15) is 0 Å². The summed E-state index contributed by atoms with van der Waals surface area (Å²) in [4.78, 5) is 0. The summed E-state index contributed by atoms with van der Waals surface area (Å²) < 4.78 is 4.95. The predicted molar refractivity (Wildman–Crippen MR) is 45.6 cm³/mol. The highest BCUT2D eigenvalue weighted by atomic mass is 16.3. The summed E-state index contributed by atoms with van der Waals surface area (Å²) in [6.07, 6.45) is 5.84. The van der Waals surface area contributed by atoms with E-state index in [1.54, 1.807) is 6.26 Å². The van der Waals surface area contributed by atoms with Gasteiger partial charge in [-0.05, 0) is 37.6 Å². The van der Waals surface area contributed by atoms with Crippen LogP contribution in [-0.2, 0) is 6.42 Å². The van der Waals surface area contributed by atoms with E-state index in [2.05, 4.69) is 12.2 Å². The van der Waals surface area contributed by atoms with Gasteiger partial charge in [0, 0.05) is 0 Å². The third-order valence-corrected chi connectivity index (χ3v) is 1.65. The Morgan fingerprint density at radius 2 is 2.45 bits per heavy atom. The second kappa shape index (κ2) is 4.97. The molecule has 0 fully saturated rings. The van der Waals surface area contributed by atoms with Crippen LogP contribution in [-0.4, -0.2) is 13.1 Å². The molecule has 0 bridgehead atoms. The van der Waals surface area contributed by atoms with Crippen molar-refractivity contribution in [1.29, 1.82) is 0 Å². The first-order valence-corrected chi connectivity index (χ1v) is 4.15. The van der Waals surface area contributed by atoms with Gasteiger partial charge >= 0.3 is 0 Å². The molecule has 2 nitrogen and oxygen atoms in total. The first-order chi connectivity index (χ1) is 5.43. The molecule has 0 aromatic carbocycles. The summed E-state index contributed by atoms with van der Waals surface area (Å²) in [5, 5.41) is 3.28. The van der Waals surface area contributed by atoms with Gasteiger partial charge in [-0.3, -0.25) is 0 Å². The van der Waals surface area contributed by atoms with Crippen LogP contribution in [0.25, 0.3) is 0 Å². The normalized spacial score (nSPS) is 10.3. The van der Waals surface area contributed by atoms with Crippen molar-refractivity contribution < 1.29 is 4.42 Å². The SMILES string of the molecule is CCNCCCc1ccoc1. The summed E-state index contributed by atoms with van der Waals surface area (Å²) in [5.74, 6) is 0. The Morgan fingerprint density at radius 3 is 3.09 bits per heavy atom. The molecule has 0 radical (unpaired) electrons. The maximum atomic E-state index is 4.95. The van der Waals surface area contributed by atoms with Crippen molar-refractivity contribution in [2.75, 3.05) is 13.1 Å². The summed E-state index contributed by atoms with van der Waals surface area (Å²) in [6.45, 7) is 4.28. The van der Waals surface area contributed by atoms with Crippen LogP contribution in [0.15, 0.2) is 23.0 Å². The summed E-state index contributed by atoms with van der Waals surface area (Å²) >= 11 is 0. The van der Waals surface area contributed by atoms with Crippen LogP contribution >= 0.6 is 0 Å². The molecule has 0 aliphatic heterocycles. The molecule has 0 aliphatic rings. The fourth-order valence-corrected chi connectivity index (χ4v) is 1.03. The van der Waals surface area contributed by atoms with E-state index < -0.39 is 0 Å². The molecule has 0 amide bonds. The zero-order valence-corrected chi connectivity index (χ0v) is 6.97. The lowest BCUT2D eigenvalue weighted by Crippen LogP contribution is -2.14. The van der Waals surface area contributed by atoms with Crippen molar-refractivity contribution in [2.24, 2.45) is 0 Å². The van der Waals surface area contributed by atoms with Crippen molar-refractivity contribution >= 4 is 0 Å². The number of aryl methyl sites for hydroxylation is 1. The molecule has 1 aromatic heterocycles. The Balaban J connectivity index is 2.04. The predicted octanol–water partition coefficient (Wildman–Crippen LogP) is 1.82. The molecule has 0 spiro atoms. The van der Waals surface area contributed by atoms with Gasteiger partial charge < -0.3 is 9.73 Å². The van der Waals surface area contributed by atoms with E-state index >= 15 is 0 Å². The van der Waals surface area contributed by atoms with Crippen LogP contribution in [0.4, 0.5) is 0 Å². The number of hydrogen-bond acceptors (Lipinski definition) is 2. The standard InChI is InChI=1S/C9H15NO/c1-2-10-6-3-4-9-5-7-11-8-9/h5,7-8,10H,2-4,6H2,1H3. The topological polar surface area (TPSA) is 25.2 Å². The number of rotatable bonds is 5. The zero-order valence-electron chi connectivity index (χ0n) is 6.97. The maximum absolute atomic E-state index is 4.95. The van der Waals surface area contributed by atoms with E-state index in [1.165, 1.54) is 12.0 Å². The molecule has 1 aromatic rings. The smallest absolute Gasteiger partial charge is 0.0934 e. The third-order valence-electron chi connectivity index (χ3n) is 1.65. The number of hydrogen-bond donors (Lipinski definition) is 1. The summed E-state index contributed by atoms with van der Waals surface area (Å²) in [6, 6.07) is 2.02. The molecule has 1 rings (SSSR count). The second-order valence-electron chi connectivity index (χ2n) is 2.59. The molecule has 0 unspecified atom stereocenters. The van der Waals surface area contributed by atoms with E-state index in [0.29, 0.717) is 0 Å². The molecule has 0 saturated carbocycles. The number of furan rings is 1. The van der Waals surface area contributed by atoms with Crippen molar-refractivity contribution in [2.45, 2.75) is 19.8 Å². The maximum Gasteiger partial charge on any atom is 0.0934 e. The van der Waals surface area contributed by atoms with Crippen molar-refractivity contribution in [3.63, 3.8) is 0 Å². The monoisotopic (exact) mass is 153 g/mol. The van der Waals surface area contributed by atoms with Gasteiger partial charge in [0.2, 0.25) is 0 Å². The molecule has 62 valence electrons. The Labute approximate surface area is 67.6 Å². The molecule has 1 heterocycles. The van der Waals surface area contributed by atoms with Gasteiger partial charge in [0.25, 0.3) is 0 Å². The van der Waals surface area contributed by atoms with Crippen LogP contribution in [0, 0.1) is 0 Å². The molecule has 11 heavy (non-hydrogen) atoms.